The first kappa shape index (κ1) is 17.3. The number of hydrogen-bond acceptors (Lipinski definition) is 6. The molecule has 0 unspecified atom stereocenters. The van der Waals surface area contributed by atoms with Crippen LogP contribution in [0.4, 0.5) is 0 Å². The number of aromatic nitrogens is 5. The normalized spacial score (nSPS) is 12.9. The van der Waals surface area contributed by atoms with Gasteiger partial charge in [-0.1, -0.05) is 32.9 Å². The first-order chi connectivity index (χ1) is 10.8. The van der Waals surface area contributed by atoms with Gasteiger partial charge in [0.1, 0.15) is 18.2 Å². The number of aliphatic imine (C=N–C) groups is 1. The van der Waals surface area contributed by atoms with E-state index in [9.17, 15) is 0 Å². The Morgan fingerprint density at radius 3 is 2.52 bits per heavy atom. The van der Waals surface area contributed by atoms with Gasteiger partial charge in [-0.3, -0.25) is 10.0 Å². The number of amidine groups is 1. The lowest BCUT2D eigenvalue weighted by Gasteiger charge is -2.20. The molecule has 2 rings (SSSR count). The fourth-order valence-corrected chi connectivity index (χ4v) is 2.19. The number of fused-ring (bicyclic) bond motifs is 1. The average molecular weight is 318 g/mol. The van der Waals surface area contributed by atoms with Gasteiger partial charge in [-0.2, -0.15) is 0 Å². The van der Waals surface area contributed by atoms with Gasteiger partial charge in [-0.05, 0) is 6.42 Å². The standard InChI is InChI=1S/C15H26N8/c1-8-10-12-13(19-14(18-10)15(2,3)4)23(21-20-12)9-11(16-5)22(7)17-6/h17H,8-9H2,1-7H3. The van der Waals surface area contributed by atoms with Gasteiger partial charge in [0.05, 0.1) is 5.69 Å². The SMILES string of the molecule is CCc1nc(C(C)(C)C)nc2c1nnn2CC(=NC)N(C)NC. The summed E-state index contributed by atoms with van der Waals surface area (Å²) in [6.45, 7) is 8.88. The van der Waals surface area contributed by atoms with Crippen molar-refractivity contribution in [2.24, 2.45) is 4.99 Å². The summed E-state index contributed by atoms with van der Waals surface area (Å²) >= 11 is 0. The van der Waals surface area contributed by atoms with Crippen molar-refractivity contribution < 1.29 is 0 Å². The minimum Gasteiger partial charge on any atom is -0.298 e. The minimum absolute atomic E-state index is 0.128. The molecule has 0 atom stereocenters. The van der Waals surface area contributed by atoms with Gasteiger partial charge in [0.15, 0.2) is 11.2 Å². The maximum absolute atomic E-state index is 4.72. The van der Waals surface area contributed by atoms with Crippen molar-refractivity contribution in [3.63, 3.8) is 0 Å². The molecule has 0 bridgehead atoms. The van der Waals surface area contributed by atoms with Crippen LogP contribution in [0.3, 0.4) is 0 Å². The quantitative estimate of drug-likeness (QED) is 0.518. The van der Waals surface area contributed by atoms with E-state index in [4.69, 9.17) is 4.98 Å². The molecule has 0 saturated carbocycles. The molecule has 0 aliphatic heterocycles. The Hall–Kier alpha value is -2.09. The summed E-state index contributed by atoms with van der Waals surface area (Å²) < 4.78 is 1.78. The topological polar surface area (TPSA) is 84.1 Å². The van der Waals surface area contributed by atoms with Crippen LogP contribution in [0, 0.1) is 0 Å². The van der Waals surface area contributed by atoms with Crippen LogP contribution in [-0.4, -0.2) is 56.9 Å². The third-order valence-electron chi connectivity index (χ3n) is 3.71. The van der Waals surface area contributed by atoms with E-state index in [0.717, 1.165) is 34.9 Å². The molecule has 0 fully saturated rings. The van der Waals surface area contributed by atoms with E-state index in [-0.39, 0.29) is 5.41 Å². The Morgan fingerprint density at radius 2 is 2.00 bits per heavy atom. The number of hydrazine groups is 1. The fourth-order valence-electron chi connectivity index (χ4n) is 2.19. The molecule has 23 heavy (non-hydrogen) atoms. The smallest absolute Gasteiger partial charge is 0.182 e. The largest absolute Gasteiger partial charge is 0.298 e. The fraction of sp³-hybridized carbons (Fsp3) is 0.667. The molecule has 8 nitrogen and oxygen atoms in total. The molecular weight excluding hydrogens is 292 g/mol. The first-order valence-electron chi connectivity index (χ1n) is 7.79. The van der Waals surface area contributed by atoms with Crippen LogP contribution in [0.25, 0.3) is 11.2 Å². The van der Waals surface area contributed by atoms with Gasteiger partial charge in [0.2, 0.25) is 0 Å². The monoisotopic (exact) mass is 318 g/mol. The lowest BCUT2D eigenvalue weighted by molar-refractivity contribution is 0.393. The lowest BCUT2D eigenvalue weighted by Crippen LogP contribution is -2.39. The third-order valence-corrected chi connectivity index (χ3v) is 3.71. The molecule has 0 spiro atoms. The van der Waals surface area contributed by atoms with Gasteiger partial charge in [0, 0.05) is 26.6 Å². The summed E-state index contributed by atoms with van der Waals surface area (Å²) in [5, 5.41) is 10.4. The van der Waals surface area contributed by atoms with E-state index in [1.165, 1.54) is 0 Å². The number of likely N-dealkylation sites (N-methyl/N-ethyl adjacent to an activating group) is 1. The highest BCUT2D eigenvalue weighted by Crippen LogP contribution is 2.22. The van der Waals surface area contributed by atoms with E-state index in [1.807, 2.05) is 19.1 Å². The summed E-state index contributed by atoms with van der Waals surface area (Å²) in [7, 11) is 5.52. The molecule has 2 aromatic rings. The van der Waals surface area contributed by atoms with Gasteiger partial charge in [-0.15, -0.1) is 5.10 Å². The molecule has 0 radical (unpaired) electrons. The van der Waals surface area contributed by atoms with Crippen LogP contribution in [-0.2, 0) is 18.4 Å². The zero-order chi connectivity index (χ0) is 17.2. The number of nitrogens with one attached hydrogen (secondary N) is 1. The van der Waals surface area contributed by atoms with Crippen molar-refractivity contribution in [3.05, 3.63) is 11.5 Å². The number of nitrogens with zero attached hydrogens (tertiary/aromatic N) is 7. The minimum atomic E-state index is -0.128. The highest BCUT2D eigenvalue weighted by Gasteiger charge is 2.22. The van der Waals surface area contributed by atoms with Crippen LogP contribution >= 0.6 is 0 Å². The van der Waals surface area contributed by atoms with Crippen LogP contribution in [0.5, 0.6) is 0 Å². The molecule has 0 aromatic carbocycles. The molecule has 0 saturated heterocycles. The van der Waals surface area contributed by atoms with Crippen molar-refractivity contribution in [3.8, 4) is 0 Å². The van der Waals surface area contributed by atoms with Gasteiger partial charge in [-0.25, -0.2) is 20.1 Å². The molecule has 1 N–H and O–H groups in total. The maximum atomic E-state index is 4.72. The second kappa shape index (κ2) is 6.57. The van der Waals surface area contributed by atoms with Crippen molar-refractivity contribution in [1.29, 1.82) is 0 Å². The number of aryl methyl sites for hydroxylation is 1. The Morgan fingerprint density at radius 1 is 1.30 bits per heavy atom. The maximum Gasteiger partial charge on any atom is 0.182 e. The van der Waals surface area contributed by atoms with E-state index < -0.39 is 0 Å². The van der Waals surface area contributed by atoms with Gasteiger partial charge in [0.25, 0.3) is 0 Å². The zero-order valence-electron chi connectivity index (χ0n) is 15.0. The summed E-state index contributed by atoms with van der Waals surface area (Å²) in [6.07, 6.45) is 0.798. The predicted octanol–water partition coefficient (Wildman–Crippen LogP) is 1.18. The molecule has 8 heteroatoms. The summed E-state index contributed by atoms with van der Waals surface area (Å²) in [5.74, 6) is 1.65. The Kier molecular flexibility index (Phi) is 4.93. The second-order valence-corrected chi connectivity index (χ2v) is 6.44. The van der Waals surface area contributed by atoms with E-state index in [0.29, 0.717) is 6.54 Å². The molecule has 0 aliphatic carbocycles. The zero-order valence-corrected chi connectivity index (χ0v) is 15.0. The Bertz CT molecular complexity index is 710. The lowest BCUT2D eigenvalue weighted by atomic mass is 9.95. The van der Waals surface area contributed by atoms with Crippen molar-refractivity contribution in [1.82, 2.24) is 35.4 Å². The van der Waals surface area contributed by atoms with E-state index in [2.05, 4.69) is 53.4 Å². The molecule has 126 valence electrons. The predicted molar refractivity (Wildman–Crippen MR) is 91.4 cm³/mol. The number of rotatable bonds is 4. The molecular formula is C15H26N8. The van der Waals surface area contributed by atoms with Gasteiger partial charge < -0.3 is 0 Å². The van der Waals surface area contributed by atoms with Crippen LogP contribution in [0.2, 0.25) is 0 Å². The van der Waals surface area contributed by atoms with Crippen molar-refractivity contribution in [2.75, 3.05) is 21.1 Å². The van der Waals surface area contributed by atoms with Crippen LogP contribution in [0.15, 0.2) is 4.99 Å². The van der Waals surface area contributed by atoms with Crippen LogP contribution < -0.4 is 5.43 Å². The molecule has 0 aliphatic rings. The van der Waals surface area contributed by atoms with Gasteiger partial charge >= 0.3 is 0 Å². The van der Waals surface area contributed by atoms with E-state index >= 15 is 0 Å². The first-order valence-corrected chi connectivity index (χ1v) is 7.79. The van der Waals surface area contributed by atoms with E-state index in [1.54, 1.807) is 11.7 Å². The molecule has 2 heterocycles. The Labute approximate surface area is 137 Å². The number of hydrogen-bond donors (Lipinski definition) is 1. The highest BCUT2D eigenvalue weighted by molar-refractivity contribution is 5.83. The summed E-state index contributed by atoms with van der Waals surface area (Å²) in [4.78, 5) is 13.7. The molecule has 0 amide bonds. The van der Waals surface area contributed by atoms with Crippen molar-refractivity contribution in [2.45, 2.75) is 46.1 Å². The average Bonchev–Trinajstić information content (AvgIpc) is 2.93. The Balaban J connectivity index is 2.54. The molecule has 2 aromatic heterocycles. The highest BCUT2D eigenvalue weighted by atomic mass is 15.5. The second-order valence-electron chi connectivity index (χ2n) is 6.44. The van der Waals surface area contributed by atoms with Crippen LogP contribution in [0.1, 0.15) is 39.2 Å². The third kappa shape index (κ3) is 3.47. The summed E-state index contributed by atoms with van der Waals surface area (Å²) in [5.41, 5.74) is 5.37. The summed E-state index contributed by atoms with van der Waals surface area (Å²) in [6, 6.07) is 0. The van der Waals surface area contributed by atoms with Crippen molar-refractivity contribution >= 4 is 17.0 Å².